The molecule has 146 valence electrons. The van der Waals surface area contributed by atoms with Crippen LogP contribution in [0.25, 0.3) is 10.9 Å². The summed E-state index contributed by atoms with van der Waals surface area (Å²) in [6.45, 7) is -0.411. The summed E-state index contributed by atoms with van der Waals surface area (Å²) in [5, 5.41) is 7.33. The molecule has 0 aliphatic rings. The summed E-state index contributed by atoms with van der Waals surface area (Å²) in [4.78, 5) is 15.1. The number of aromatic nitrogens is 1. The largest absolute Gasteiger partial charge is 0.435 e. The normalized spacial score (nSPS) is 10.9. The summed E-state index contributed by atoms with van der Waals surface area (Å²) in [7, 11) is 0. The average Bonchev–Trinajstić information content (AvgIpc) is 2.63. The van der Waals surface area contributed by atoms with Crippen molar-refractivity contribution >= 4 is 33.9 Å². The molecule has 0 radical (unpaired) electrons. The predicted octanol–water partition coefficient (Wildman–Crippen LogP) is 3.97. The second-order valence-corrected chi connectivity index (χ2v) is 6.66. The van der Waals surface area contributed by atoms with E-state index in [1.165, 1.54) is 12.1 Å². The van der Waals surface area contributed by atoms with Crippen molar-refractivity contribution in [2.75, 3.05) is 11.9 Å². The molecule has 28 heavy (non-hydrogen) atoms. The van der Waals surface area contributed by atoms with Crippen molar-refractivity contribution in [2.45, 2.75) is 20.0 Å². The van der Waals surface area contributed by atoms with Crippen molar-refractivity contribution in [3.8, 4) is 5.75 Å². The Labute approximate surface area is 165 Å². The van der Waals surface area contributed by atoms with Crippen LogP contribution in [-0.2, 0) is 6.42 Å². The Hall–Kier alpha value is -3.00. The Morgan fingerprint density at radius 2 is 1.93 bits per heavy atom. The highest BCUT2D eigenvalue weighted by atomic mass is 32.1. The molecule has 0 atom stereocenters. The van der Waals surface area contributed by atoms with E-state index in [2.05, 4.69) is 20.4 Å². The smallest absolute Gasteiger partial charge is 0.387 e. The Balaban J connectivity index is 1.54. The van der Waals surface area contributed by atoms with Gasteiger partial charge >= 0.3 is 6.61 Å². The van der Waals surface area contributed by atoms with E-state index in [9.17, 15) is 13.6 Å². The minimum atomic E-state index is -2.86. The van der Waals surface area contributed by atoms with Crippen LogP contribution in [0.5, 0.6) is 5.75 Å². The number of thiocarbonyl (C=S) groups is 1. The standard InChI is InChI=1S/C20H19F2N3O2S/c1-12-2-3-13-11-14(18(26)25-17(13)10-12)8-9-23-20(28)24-15-4-6-16(7-5-15)27-19(21)22/h2-7,10-11,19H,8-9H2,1H3,(H,25,26)(H2,23,24,28). The molecule has 3 N–H and O–H groups in total. The third-order valence-corrected chi connectivity index (χ3v) is 4.34. The highest BCUT2D eigenvalue weighted by Crippen LogP contribution is 2.17. The molecule has 0 spiro atoms. The van der Waals surface area contributed by atoms with Gasteiger partial charge in [-0.25, -0.2) is 0 Å². The lowest BCUT2D eigenvalue weighted by Crippen LogP contribution is -2.31. The molecule has 5 nitrogen and oxygen atoms in total. The maximum absolute atomic E-state index is 12.2. The fourth-order valence-corrected chi connectivity index (χ4v) is 2.97. The number of aromatic amines is 1. The number of hydrogen-bond acceptors (Lipinski definition) is 3. The van der Waals surface area contributed by atoms with Gasteiger partial charge in [0, 0.05) is 23.3 Å². The van der Waals surface area contributed by atoms with Gasteiger partial charge in [0.2, 0.25) is 0 Å². The van der Waals surface area contributed by atoms with Gasteiger partial charge in [-0.3, -0.25) is 4.79 Å². The molecule has 1 aromatic heterocycles. The summed E-state index contributed by atoms with van der Waals surface area (Å²) < 4.78 is 28.6. The molecule has 0 amide bonds. The molecule has 2 aromatic carbocycles. The first-order chi connectivity index (χ1) is 13.4. The van der Waals surface area contributed by atoms with Gasteiger partial charge in [-0.2, -0.15) is 8.78 Å². The quantitative estimate of drug-likeness (QED) is 0.544. The predicted molar refractivity (Wildman–Crippen MR) is 110 cm³/mol. The minimum Gasteiger partial charge on any atom is -0.435 e. The Morgan fingerprint density at radius 3 is 2.64 bits per heavy atom. The van der Waals surface area contributed by atoms with Crippen LogP contribution in [0.1, 0.15) is 11.1 Å². The Morgan fingerprint density at radius 1 is 1.18 bits per heavy atom. The third kappa shape index (κ3) is 5.26. The number of anilines is 1. The molecule has 3 rings (SSSR count). The summed E-state index contributed by atoms with van der Waals surface area (Å²) in [5.41, 5.74) is 3.09. The number of fused-ring (bicyclic) bond motifs is 1. The molecule has 0 unspecified atom stereocenters. The number of rotatable bonds is 6. The van der Waals surface area contributed by atoms with Gasteiger partial charge in [0.1, 0.15) is 5.75 Å². The lowest BCUT2D eigenvalue weighted by molar-refractivity contribution is -0.0498. The Kier molecular flexibility index (Phi) is 6.20. The topological polar surface area (TPSA) is 66.2 Å². The third-order valence-electron chi connectivity index (χ3n) is 4.10. The highest BCUT2D eigenvalue weighted by Gasteiger charge is 2.06. The molecule has 8 heteroatoms. The van der Waals surface area contributed by atoms with Crippen LogP contribution in [-0.4, -0.2) is 23.3 Å². The first-order valence-electron chi connectivity index (χ1n) is 8.63. The zero-order chi connectivity index (χ0) is 20.1. The van der Waals surface area contributed by atoms with Crippen LogP contribution in [0.2, 0.25) is 0 Å². The number of nitrogens with one attached hydrogen (secondary N) is 3. The maximum Gasteiger partial charge on any atom is 0.387 e. The SMILES string of the molecule is Cc1ccc2cc(CCNC(=S)Nc3ccc(OC(F)F)cc3)c(=O)[nH]c2c1. The molecule has 1 heterocycles. The number of H-pyrrole nitrogens is 1. The monoisotopic (exact) mass is 403 g/mol. The van der Waals surface area contributed by atoms with Crippen molar-refractivity contribution in [1.82, 2.24) is 10.3 Å². The number of pyridine rings is 1. The number of ether oxygens (including phenoxy) is 1. The second kappa shape index (κ2) is 8.79. The van der Waals surface area contributed by atoms with Crippen molar-refractivity contribution in [3.05, 3.63) is 70.0 Å². The van der Waals surface area contributed by atoms with Crippen molar-refractivity contribution in [2.24, 2.45) is 0 Å². The fourth-order valence-electron chi connectivity index (χ4n) is 2.75. The summed E-state index contributed by atoms with van der Waals surface area (Å²) in [6, 6.07) is 13.8. The number of alkyl halides is 2. The number of hydrogen-bond donors (Lipinski definition) is 3. The van der Waals surface area contributed by atoms with Crippen LogP contribution in [0.15, 0.2) is 53.3 Å². The highest BCUT2D eigenvalue weighted by molar-refractivity contribution is 7.80. The van der Waals surface area contributed by atoms with Crippen molar-refractivity contribution in [3.63, 3.8) is 0 Å². The van der Waals surface area contributed by atoms with Crippen LogP contribution in [0.3, 0.4) is 0 Å². The van der Waals surface area contributed by atoms with Crippen molar-refractivity contribution in [1.29, 1.82) is 0 Å². The first-order valence-corrected chi connectivity index (χ1v) is 9.04. The maximum atomic E-state index is 12.2. The van der Waals surface area contributed by atoms with Gasteiger partial charge in [-0.15, -0.1) is 0 Å². The molecular formula is C20H19F2N3O2S. The zero-order valence-electron chi connectivity index (χ0n) is 15.1. The number of aryl methyl sites for hydroxylation is 1. The van der Waals surface area contributed by atoms with E-state index in [0.717, 1.165) is 16.5 Å². The second-order valence-electron chi connectivity index (χ2n) is 6.25. The van der Waals surface area contributed by atoms with Crippen LogP contribution < -0.4 is 20.9 Å². The molecular weight excluding hydrogens is 384 g/mol. The molecule has 0 saturated carbocycles. The fraction of sp³-hybridized carbons (Fsp3) is 0.200. The van der Waals surface area contributed by atoms with Crippen LogP contribution in [0.4, 0.5) is 14.5 Å². The molecule has 3 aromatic rings. The van der Waals surface area contributed by atoms with E-state index >= 15 is 0 Å². The summed E-state index contributed by atoms with van der Waals surface area (Å²) in [5.74, 6) is 0.0742. The molecule has 0 fully saturated rings. The van der Waals surface area contributed by atoms with Crippen molar-refractivity contribution < 1.29 is 13.5 Å². The molecule has 0 bridgehead atoms. The minimum absolute atomic E-state index is 0.0742. The van der Waals surface area contributed by atoms with Gasteiger partial charge in [-0.1, -0.05) is 12.1 Å². The Bertz CT molecular complexity index is 1040. The van der Waals surface area contributed by atoms with E-state index < -0.39 is 6.61 Å². The van der Waals surface area contributed by atoms with Gasteiger partial charge in [0.05, 0.1) is 0 Å². The van der Waals surface area contributed by atoms with Gasteiger partial charge < -0.3 is 20.4 Å². The van der Waals surface area contributed by atoms with Gasteiger partial charge in [0.25, 0.3) is 5.56 Å². The van der Waals surface area contributed by atoms with Crippen LogP contribution in [0, 0.1) is 6.92 Å². The van der Waals surface area contributed by atoms with E-state index in [1.807, 2.05) is 31.2 Å². The first kappa shape index (κ1) is 19.8. The summed E-state index contributed by atoms with van der Waals surface area (Å²) >= 11 is 5.22. The lowest BCUT2D eigenvalue weighted by Gasteiger charge is -2.11. The lowest BCUT2D eigenvalue weighted by atomic mass is 10.1. The summed E-state index contributed by atoms with van der Waals surface area (Å²) in [6.07, 6.45) is 0.502. The van der Waals surface area contributed by atoms with Gasteiger partial charge in [-0.05, 0) is 72.9 Å². The number of halogens is 2. The average molecular weight is 403 g/mol. The number of benzene rings is 2. The van der Waals surface area contributed by atoms with E-state index in [1.54, 1.807) is 12.1 Å². The zero-order valence-corrected chi connectivity index (χ0v) is 15.9. The van der Waals surface area contributed by atoms with Gasteiger partial charge in [0.15, 0.2) is 5.11 Å². The van der Waals surface area contributed by atoms with E-state index in [4.69, 9.17) is 12.2 Å². The molecule has 0 aliphatic carbocycles. The van der Waals surface area contributed by atoms with E-state index in [0.29, 0.717) is 29.3 Å². The molecule has 0 saturated heterocycles. The molecule has 0 aliphatic heterocycles. The van der Waals surface area contributed by atoms with Crippen LogP contribution >= 0.6 is 12.2 Å². The van der Waals surface area contributed by atoms with E-state index in [-0.39, 0.29) is 11.3 Å².